The molecule has 1 aliphatic heterocycles. The van der Waals surface area contributed by atoms with E-state index in [4.69, 9.17) is 4.74 Å². The third-order valence-corrected chi connectivity index (χ3v) is 6.69. The van der Waals surface area contributed by atoms with Crippen molar-refractivity contribution >= 4 is 61.5 Å². The van der Waals surface area contributed by atoms with E-state index in [0.29, 0.717) is 15.7 Å². The van der Waals surface area contributed by atoms with Crippen LogP contribution in [-0.4, -0.2) is 41.4 Å². The second kappa shape index (κ2) is 7.53. The van der Waals surface area contributed by atoms with Gasteiger partial charge in [-0.25, -0.2) is 14.8 Å². The minimum absolute atomic E-state index is 0.109. The quantitative estimate of drug-likeness (QED) is 0.638. The molecule has 1 N–H and O–H groups in total. The summed E-state index contributed by atoms with van der Waals surface area (Å²) in [5, 5.41) is 4.00. The van der Waals surface area contributed by atoms with Gasteiger partial charge in [0, 0.05) is 18.7 Å². The summed E-state index contributed by atoms with van der Waals surface area (Å²) in [5.74, 6) is -1.39. The van der Waals surface area contributed by atoms with Crippen LogP contribution >= 0.6 is 22.7 Å². The van der Waals surface area contributed by atoms with Crippen molar-refractivity contribution in [3.05, 3.63) is 33.8 Å². The van der Waals surface area contributed by atoms with Crippen molar-refractivity contribution < 1.29 is 19.1 Å². The van der Waals surface area contributed by atoms with E-state index >= 15 is 0 Å². The maximum Gasteiger partial charge on any atom is 0.350 e. The highest BCUT2D eigenvalue weighted by molar-refractivity contribution is 7.18. The Hall–Kier alpha value is -2.85. The van der Waals surface area contributed by atoms with E-state index in [1.165, 1.54) is 7.11 Å². The first-order valence-corrected chi connectivity index (χ1v) is 10.5. The van der Waals surface area contributed by atoms with Crippen LogP contribution in [0, 0.1) is 19.8 Å². The van der Waals surface area contributed by atoms with Gasteiger partial charge in [0.25, 0.3) is 0 Å². The van der Waals surface area contributed by atoms with Gasteiger partial charge < -0.3 is 15.0 Å². The predicted molar refractivity (Wildman–Crippen MR) is 112 cm³/mol. The summed E-state index contributed by atoms with van der Waals surface area (Å²) >= 11 is 2.66. The molecule has 0 bridgehead atoms. The molecular formula is C19H18N4O4S2. The number of hydrogen-bond acceptors (Lipinski definition) is 8. The van der Waals surface area contributed by atoms with Gasteiger partial charge >= 0.3 is 5.97 Å². The molecule has 0 saturated carbocycles. The van der Waals surface area contributed by atoms with Crippen molar-refractivity contribution in [2.45, 2.75) is 20.3 Å². The van der Waals surface area contributed by atoms with Crippen molar-refractivity contribution in [1.29, 1.82) is 0 Å². The fourth-order valence-corrected chi connectivity index (χ4v) is 4.97. The first kappa shape index (κ1) is 19.5. The number of nitrogens with one attached hydrogen (secondary N) is 1. The Morgan fingerprint density at radius 2 is 2.03 bits per heavy atom. The number of benzene rings is 1. The number of hydrogen-bond donors (Lipinski definition) is 1. The van der Waals surface area contributed by atoms with Gasteiger partial charge in [-0.15, -0.1) is 11.3 Å². The number of ether oxygens (including phenoxy) is 1. The topological polar surface area (TPSA) is 101 Å². The lowest BCUT2D eigenvalue weighted by Gasteiger charge is -2.16. The molecule has 1 unspecified atom stereocenters. The molecule has 1 atom stereocenters. The molecule has 3 heterocycles. The maximum atomic E-state index is 12.7. The van der Waals surface area contributed by atoms with Crippen LogP contribution in [-0.2, 0) is 14.3 Å². The average molecular weight is 431 g/mol. The number of carbonyl (C=O) groups excluding carboxylic acids is 3. The van der Waals surface area contributed by atoms with Crippen molar-refractivity contribution in [2.75, 3.05) is 23.9 Å². The average Bonchev–Trinajstić information content (AvgIpc) is 3.36. The third kappa shape index (κ3) is 3.73. The fourth-order valence-electron chi connectivity index (χ4n) is 3.27. The minimum Gasteiger partial charge on any atom is -0.465 e. The summed E-state index contributed by atoms with van der Waals surface area (Å²) in [7, 11) is 1.29. The van der Waals surface area contributed by atoms with Gasteiger partial charge in [-0.2, -0.15) is 0 Å². The molecule has 1 saturated heterocycles. The predicted octanol–water partition coefficient (Wildman–Crippen LogP) is 3.15. The molecule has 10 heteroatoms. The molecule has 0 spiro atoms. The molecule has 150 valence electrons. The molecule has 0 radical (unpaired) electrons. The number of fused-ring (bicyclic) bond motifs is 1. The lowest BCUT2D eigenvalue weighted by molar-refractivity contribution is -0.122. The number of aryl methyl sites for hydroxylation is 2. The van der Waals surface area contributed by atoms with E-state index in [9.17, 15) is 14.4 Å². The number of esters is 1. The first-order chi connectivity index (χ1) is 13.9. The number of carbonyl (C=O) groups is 3. The highest BCUT2D eigenvalue weighted by Gasteiger charge is 2.35. The SMILES string of the molecule is COC(=O)c1sc(NC(=O)C2CC(=O)N(c3ccc4sc(C)nc4c3)C2)nc1C. The Morgan fingerprint density at radius 1 is 1.24 bits per heavy atom. The first-order valence-electron chi connectivity index (χ1n) is 8.90. The van der Waals surface area contributed by atoms with Crippen LogP contribution in [0.1, 0.15) is 26.8 Å². The molecule has 1 aliphatic rings. The second-order valence-electron chi connectivity index (χ2n) is 6.70. The second-order valence-corrected chi connectivity index (χ2v) is 8.94. The maximum absolute atomic E-state index is 12.7. The molecule has 1 fully saturated rings. The van der Waals surface area contributed by atoms with Gasteiger partial charge in [-0.3, -0.25) is 9.59 Å². The third-order valence-electron chi connectivity index (χ3n) is 4.68. The Bertz CT molecular complexity index is 1140. The monoisotopic (exact) mass is 430 g/mol. The lowest BCUT2D eigenvalue weighted by Crippen LogP contribution is -2.28. The minimum atomic E-state index is -0.499. The number of methoxy groups -OCH3 is 1. The molecule has 0 aliphatic carbocycles. The molecule has 3 aromatic rings. The molecule has 2 amide bonds. The van der Waals surface area contributed by atoms with Crippen LogP contribution in [0.2, 0.25) is 0 Å². The zero-order chi connectivity index (χ0) is 20.7. The van der Waals surface area contributed by atoms with E-state index in [-0.39, 0.29) is 24.8 Å². The van der Waals surface area contributed by atoms with Crippen LogP contribution in [0.25, 0.3) is 10.2 Å². The highest BCUT2D eigenvalue weighted by Crippen LogP contribution is 2.31. The molecule has 2 aromatic heterocycles. The van der Waals surface area contributed by atoms with Gasteiger partial charge in [-0.1, -0.05) is 11.3 Å². The summed E-state index contributed by atoms with van der Waals surface area (Å²) in [5.41, 5.74) is 2.08. The summed E-state index contributed by atoms with van der Waals surface area (Å²) in [6.45, 7) is 3.90. The molecular weight excluding hydrogens is 412 g/mol. The van der Waals surface area contributed by atoms with Crippen LogP contribution in [0.3, 0.4) is 0 Å². The Balaban J connectivity index is 1.48. The zero-order valence-electron chi connectivity index (χ0n) is 16.0. The fraction of sp³-hybridized carbons (Fsp3) is 0.316. The van der Waals surface area contributed by atoms with Crippen molar-refractivity contribution in [2.24, 2.45) is 5.92 Å². The number of nitrogens with zero attached hydrogens (tertiary/aromatic N) is 3. The lowest BCUT2D eigenvalue weighted by atomic mass is 10.1. The van der Waals surface area contributed by atoms with E-state index in [0.717, 1.165) is 32.2 Å². The summed E-state index contributed by atoms with van der Waals surface area (Å²) in [6.07, 6.45) is 0.119. The normalized spacial score (nSPS) is 16.4. The van der Waals surface area contributed by atoms with Gasteiger partial charge in [-0.05, 0) is 32.0 Å². The van der Waals surface area contributed by atoms with Crippen LogP contribution < -0.4 is 10.2 Å². The molecule has 4 rings (SSSR count). The van der Waals surface area contributed by atoms with Crippen molar-refractivity contribution in [3.8, 4) is 0 Å². The smallest absolute Gasteiger partial charge is 0.350 e. The number of rotatable bonds is 4. The molecule has 29 heavy (non-hydrogen) atoms. The molecule has 1 aromatic carbocycles. The van der Waals surface area contributed by atoms with Gasteiger partial charge in [0.1, 0.15) is 4.88 Å². The van der Waals surface area contributed by atoms with Gasteiger partial charge in [0.2, 0.25) is 11.8 Å². The van der Waals surface area contributed by atoms with E-state index in [2.05, 4.69) is 15.3 Å². The number of thiazole rings is 2. The summed E-state index contributed by atoms with van der Waals surface area (Å²) < 4.78 is 5.77. The Labute approximate surface area is 174 Å². The van der Waals surface area contributed by atoms with Crippen LogP contribution in [0.4, 0.5) is 10.8 Å². The Kier molecular flexibility index (Phi) is 5.05. The van der Waals surface area contributed by atoms with Gasteiger partial charge in [0.15, 0.2) is 5.13 Å². The number of anilines is 2. The standard InChI is InChI=1S/C19H18N4O4S2/c1-9-16(18(26)27-3)29-19(20-9)22-17(25)11-6-15(24)23(8-11)12-4-5-14-13(7-12)21-10(2)28-14/h4-5,7,11H,6,8H2,1-3H3,(H,20,22,25). The highest BCUT2D eigenvalue weighted by atomic mass is 32.1. The number of aromatic nitrogens is 2. The van der Waals surface area contributed by atoms with Crippen LogP contribution in [0.15, 0.2) is 18.2 Å². The molecule has 8 nitrogen and oxygen atoms in total. The van der Waals surface area contributed by atoms with E-state index in [1.54, 1.807) is 23.2 Å². The van der Waals surface area contributed by atoms with E-state index < -0.39 is 11.9 Å². The number of amides is 2. The van der Waals surface area contributed by atoms with Gasteiger partial charge in [0.05, 0.1) is 33.9 Å². The van der Waals surface area contributed by atoms with Crippen molar-refractivity contribution in [3.63, 3.8) is 0 Å². The van der Waals surface area contributed by atoms with E-state index in [1.807, 2.05) is 25.1 Å². The largest absolute Gasteiger partial charge is 0.465 e. The summed E-state index contributed by atoms with van der Waals surface area (Å²) in [6, 6.07) is 5.71. The Morgan fingerprint density at radius 3 is 2.79 bits per heavy atom. The summed E-state index contributed by atoms with van der Waals surface area (Å²) in [4.78, 5) is 47.5. The van der Waals surface area contributed by atoms with Crippen LogP contribution in [0.5, 0.6) is 0 Å². The zero-order valence-corrected chi connectivity index (χ0v) is 17.6. The van der Waals surface area contributed by atoms with Crippen molar-refractivity contribution in [1.82, 2.24) is 9.97 Å².